The molecule has 3 aromatic rings. The lowest BCUT2D eigenvalue weighted by Crippen LogP contribution is -2.22. The van der Waals surface area contributed by atoms with Gasteiger partial charge in [-0.05, 0) is 43.3 Å². The second-order valence-corrected chi connectivity index (χ2v) is 6.14. The van der Waals surface area contributed by atoms with Gasteiger partial charge in [0.15, 0.2) is 0 Å². The fourth-order valence-corrected chi connectivity index (χ4v) is 3.07. The molecule has 2 aromatic heterocycles. The number of carbonyl (C=O) groups is 1. The van der Waals surface area contributed by atoms with Crippen molar-refractivity contribution in [3.05, 3.63) is 51.9 Å². The lowest BCUT2D eigenvalue weighted by Gasteiger charge is -2.10. The number of carboxylic acids is 1. The first kappa shape index (κ1) is 13.1. The Labute approximate surface area is 124 Å². The number of hydrogen-bond acceptors (Lipinski definition) is 4. The Bertz CT molecular complexity index is 826. The summed E-state index contributed by atoms with van der Waals surface area (Å²) in [5.74, 6) is -1.23. The molecule has 3 rings (SSSR count). The van der Waals surface area contributed by atoms with Crippen LogP contribution in [0.2, 0.25) is 5.02 Å². The summed E-state index contributed by atoms with van der Waals surface area (Å²) in [5.41, 5.74) is 1.34. The van der Waals surface area contributed by atoms with E-state index in [-0.39, 0.29) is 5.56 Å². The molecule has 0 unspecified atom stereocenters. The molecular weight excluding hydrogens is 294 g/mol. The highest BCUT2D eigenvalue weighted by molar-refractivity contribution is 7.15. The number of halogens is 1. The van der Waals surface area contributed by atoms with Gasteiger partial charge in [0.05, 0.1) is 22.1 Å². The second kappa shape index (κ2) is 4.89. The molecule has 0 aliphatic heterocycles. The molecule has 1 aromatic carbocycles. The van der Waals surface area contributed by atoms with Crippen LogP contribution < -0.4 is 5.11 Å². The van der Waals surface area contributed by atoms with E-state index in [1.54, 1.807) is 35.6 Å². The summed E-state index contributed by atoms with van der Waals surface area (Å²) >= 11 is 7.49. The first-order chi connectivity index (χ1) is 9.54. The fraction of sp³-hybridized carbons (Fsp3) is 0.0667. The van der Waals surface area contributed by atoms with Gasteiger partial charge in [0.2, 0.25) is 0 Å². The number of rotatable bonds is 2. The van der Waals surface area contributed by atoms with Gasteiger partial charge < -0.3 is 9.90 Å². The molecule has 0 saturated heterocycles. The van der Waals surface area contributed by atoms with Crippen molar-refractivity contribution < 1.29 is 9.90 Å². The third-order valence-electron chi connectivity index (χ3n) is 2.98. The van der Waals surface area contributed by atoms with Gasteiger partial charge in [-0.2, -0.15) is 0 Å². The Hall–Kier alpha value is -1.91. The highest BCUT2D eigenvalue weighted by Crippen LogP contribution is 2.30. The van der Waals surface area contributed by atoms with Gasteiger partial charge in [-0.25, -0.2) is 4.98 Å². The number of benzene rings is 1. The van der Waals surface area contributed by atoms with Crippen molar-refractivity contribution in [1.29, 1.82) is 0 Å². The first-order valence-corrected chi connectivity index (χ1v) is 7.12. The van der Waals surface area contributed by atoms with E-state index in [1.165, 1.54) is 0 Å². The van der Waals surface area contributed by atoms with Crippen LogP contribution in [0.4, 0.5) is 0 Å². The summed E-state index contributed by atoms with van der Waals surface area (Å²) in [6.07, 6.45) is 0. The first-order valence-electron chi connectivity index (χ1n) is 5.93. The molecule has 3 nitrogen and oxygen atoms in total. The predicted molar refractivity (Wildman–Crippen MR) is 79.1 cm³/mol. The molecule has 100 valence electrons. The van der Waals surface area contributed by atoms with E-state index < -0.39 is 5.97 Å². The topological polar surface area (TPSA) is 53.0 Å². The Morgan fingerprint density at radius 3 is 2.70 bits per heavy atom. The van der Waals surface area contributed by atoms with Gasteiger partial charge >= 0.3 is 0 Å². The number of aromatic carboxylic acids is 1. The quantitative estimate of drug-likeness (QED) is 0.730. The molecule has 0 atom stereocenters. The van der Waals surface area contributed by atoms with E-state index >= 15 is 0 Å². The Kier molecular flexibility index (Phi) is 3.20. The van der Waals surface area contributed by atoms with Gasteiger partial charge in [-0.3, -0.25) is 0 Å². The highest BCUT2D eigenvalue weighted by atomic mass is 35.5. The number of aryl methyl sites for hydroxylation is 1. The van der Waals surface area contributed by atoms with Gasteiger partial charge in [0.1, 0.15) is 0 Å². The number of fused-ring (bicyclic) bond motifs is 1. The molecule has 0 fully saturated rings. The van der Waals surface area contributed by atoms with Crippen LogP contribution in [-0.4, -0.2) is 11.0 Å². The minimum absolute atomic E-state index is 0.110. The SMILES string of the molecule is Cc1ccc(-c2cc(C(=O)[O-])c3cc(Cl)ccc3n2)s1. The highest BCUT2D eigenvalue weighted by Gasteiger charge is 2.10. The predicted octanol–water partition coefficient (Wildman–Crippen LogP) is 3.29. The zero-order valence-corrected chi connectivity index (χ0v) is 12.1. The molecule has 0 N–H and O–H groups in total. The largest absolute Gasteiger partial charge is 0.545 e. The number of nitrogens with zero attached hydrogens (tertiary/aromatic N) is 1. The number of aromatic nitrogens is 1. The Balaban J connectivity index is 2.31. The molecule has 5 heteroatoms. The number of thiophene rings is 1. The molecule has 0 aliphatic carbocycles. The lowest BCUT2D eigenvalue weighted by molar-refractivity contribution is -0.254. The van der Waals surface area contributed by atoms with E-state index in [4.69, 9.17) is 11.6 Å². The molecular formula is C15H9ClNO2S-. The molecule has 0 amide bonds. The number of carboxylic acid groups (broad SMARTS) is 1. The Morgan fingerprint density at radius 1 is 1.25 bits per heavy atom. The van der Waals surface area contributed by atoms with E-state index in [9.17, 15) is 9.90 Å². The van der Waals surface area contributed by atoms with Crippen LogP contribution in [-0.2, 0) is 0 Å². The summed E-state index contributed by atoms with van der Waals surface area (Å²) in [4.78, 5) is 17.9. The zero-order chi connectivity index (χ0) is 14.3. The maximum absolute atomic E-state index is 11.3. The van der Waals surface area contributed by atoms with Crippen molar-refractivity contribution in [3.8, 4) is 10.6 Å². The summed E-state index contributed by atoms with van der Waals surface area (Å²) < 4.78 is 0. The molecule has 20 heavy (non-hydrogen) atoms. The van der Waals surface area contributed by atoms with Crippen molar-refractivity contribution in [2.45, 2.75) is 6.92 Å². The van der Waals surface area contributed by atoms with Crippen LogP contribution in [0, 0.1) is 6.92 Å². The fourth-order valence-electron chi connectivity index (χ4n) is 2.07. The zero-order valence-electron chi connectivity index (χ0n) is 10.5. The third kappa shape index (κ3) is 2.28. The molecule has 0 saturated carbocycles. The minimum atomic E-state index is -1.23. The third-order valence-corrected chi connectivity index (χ3v) is 4.24. The van der Waals surface area contributed by atoms with E-state index in [1.807, 2.05) is 19.1 Å². The summed E-state index contributed by atoms with van der Waals surface area (Å²) in [5, 5.41) is 12.3. The van der Waals surface area contributed by atoms with Crippen molar-refractivity contribution >= 4 is 39.8 Å². The van der Waals surface area contributed by atoms with Crippen LogP contribution in [0.1, 0.15) is 15.2 Å². The van der Waals surface area contributed by atoms with E-state index in [0.29, 0.717) is 21.6 Å². The molecule has 0 bridgehead atoms. The van der Waals surface area contributed by atoms with Crippen LogP contribution in [0.5, 0.6) is 0 Å². The standard InChI is InChI=1S/C15H10ClNO2S/c1-8-2-5-14(20-8)13-7-11(15(18)19)10-6-9(16)3-4-12(10)17-13/h2-7H,1H3,(H,18,19)/p-1. The molecule has 2 heterocycles. The van der Waals surface area contributed by atoms with E-state index in [2.05, 4.69) is 4.98 Å². The number of carbonyl (C=O) groups excluding carboxylic acids is 1. The average molecular weight is 303 g/mol. The van der Waals surface area contributed by atoms with Crippen LogP contribution >= 0.6 is 22.9 Å². The normalized spacial score (nSPS) is 10.9. The molecule has 0 aliphatic rings. The van der Waals surface area contributed by atoms with Gasteiger partial charge in [0, 0.05) is 20.8 Å². The lowest BCUT2D eigenvalue weighted by atomic mass is 10.1. The second-order valence-electron chi connectivity index (χ2n) is 4.41. The van der Waals surface area contributed by atoms with Crippen molar-refractivity contribution in [3.63, 3.8) is 0 Å². The monoisotopic (exact) mass is 302 g/mol. The molecule has 0 radical (unpaired) electrons. The Morgan fingerprint density at radius 2 is 2.05 bits per heavy atom. The van der Waals surface area contributed by atoms with Crippen LogP contribution in [0.3, 0.4) is 0 Å². The van der Waals surface area contributed by atoms with Gasteiger partial charge in [-0.15, -0.1) is 11.3 Å². The summed E-state index contributed by atoms with van der Waals surface area (Å²) in [6, 6.07) is 10.5. The maximum atomic E-state index is 11.3. The average Bonchev–Trinajstić information content (AvgIpc) is 2.84. The summed E-state index contributed by atoms with van der Waals surface area (Å²) in [6.45, 7) is 1.99. The van der Waals surface area contributed by atoms with Crippen molar-refractivity contribution in [1.82, 2.24) is 4.98 Å². The number of pyridine rings is 1. The number of hydrogen-bond donors (Lipinski definition) is 0. The van der Waals surface area contributed by atoms with Crippen molar-refractivity contribution in [2.24, 2.45) is 0 Å². The van der Waals surface area contributed by atoms with Crippen LogP contribution in [0.25, 0.3) is 21.5 Å². The van der Waals surface area contributed by atoms with E-state index in [0.717, 1.165) is 9.75 Å². The maximum Gasteiger partial charge on any atom is 0.0816 e. The van der Waals surface area contributed by atoms with Gasteiger partial charge in [0.25, 0.3) is 0 Å². The van der Waals surface area contributed by atoms with Gasteiger partial charge in [-0.1, -0.05) is 11.6 Å². The smallest absolute Gasteiger partial charge is 0.0816 e. The van der Waals surface area contributed by atoms with Crippen molar-refractivity contribution in [2.75, 3.05) is 0 Å². The summed E-state index contributed by atoms with van der Waals surface area (Å²) in [7, 11) is 0. The molecule has 0 spiro atoms. The van der Waals surface area contributed by atoms with Crippen LogP contribution in [0.15, 0.2) is 36.4 Å². The minimum Gasteiger partial charge on any atom is -0.545 e.